The molecule has 2 amide bonds. The number of H-pyrrole nitrogens is 1. The van der Waals surface area contributed by atoms with Gasteiger partial charge in [0.25, 0.3) is 5.91 Å². The normalized spacial score (nSPS) is 20.9. The minimum atomic E-state index is -1.12. The van der Waals surface area contributed by atoms with Crippen LogP contribution >= 0.6 is 0 Å². The van der Waals surface area contributed by atoms with E-state index in [4.69, 9.17) is 9.47 Å². The molecule has 2 atom stereocenters. The van der Waals surface area contributed by atoms with Gasteiger partial charge in [0.1, 0.15) is 11.5 Å². The molecule has 1 aromatic heterocycles. The highest BCUT2D eigenvalue weighted by atomic mass is 16.5. The molecule has 0 spiro atoms. The molecule has 1 fully saturated rings. The third kappa shape index (κ3) is 3.64. The first-order valence-corrected chi connectivity index (χ1v) is 12.9. The molecule has 2 aliphatic heterocycles. The number of methoxy groups -OCH3 is 2. The Morgan fingerprint density at radius 3 is 2.45 bits per heavy atom. The van der Waals surface area contributed by atoms with Crippen molar-refractivity contribution in [1.82, 2.24) is 14.8 Å². The van der Waals surface area contributed by atoms with Crippen molar-refractivity contribution in [3.8, 4) is 11.5 Å². The Hall–Kier alpha value is -4.26. The van der Waals surface area contributed by atoms with Gasteiger partial charge in [-0.2, -0.15) is 0 Å². The van der Waals surface area contributed by atoms with E-state index < -0.39 is 5.54 Å². The summed E-state index contributed by atoms with van der Waals surface area (Å²) in [6.07, 6.45) is 0.655. The van der Waals surface area contributed by atoms with Crippen LogP contribution in [0.4, 0.5) is 0 Å². The average Bonchev–Trinajstić information content (AvgIpc) is 3.35. The third-order valence-electron chi connectivity index (χ3n) is 8.16. The standard InChI is InChI=1S/C31H31N3O4/c1-31-29-28(23-9-4-6-10-25(23)32-29)24(22-8-5-7-11-26(22)38-3)18-34(31)27(35)19-33(30(31)36)17-16-20-12-14-21(37-2)15-13-20/h4-15,24,32H,16-19H2,1-3H3/t24?,31-/m0/s1. The maximum atomic E-state index is 14.2. The van der Waals surface area contributed by atoms with Crippen molar-refractivity contribution in [1.29, 1.82) is 0 Å². The molecule has 3 aromatic carbocycles. The monoisotopic (exact) mass is 509 g/mol. The number of nitrogens with zero attached hydrogens (tertiary/aromatic N) is 2. The minimum absolute atomic E-state index is 0.0500. The van der Waals surface area contributed by atoms with Gasteiger partial charge in [0.05, 0.1) is 26.5 Å². The van der Waals surface area contributed by atoms with Gasteiger partial charge in [0.15, 0.2) is 5.54 Å². The van der Waals surface area contributed by atoms with Crippen LogP contribution in [-0.2, 0) is 21.5 Å². The summed E-state index contributed by atoms with van der Waals surface area (Å²) < 4.78 is 11.0. The zero-order valence-electron chi connectivity index (χ0n) is 21.9. The highest BCUT2D eigenvalue weighted by Gasteiger charge is 2.56. The van der Waals surface area contributed by atoms with Gasteiger partial charge in [0, 0.05) is 35.5 Å². The summed E-state index contributed by atoms with van der Waals surface area (Å²) in [4.78, 5) is 35.0. The van der Waals surface area contributed by atoms with E-state index in [1.54, 1.807) is 24.0 Å². The molecule has 7 nitrogen and oxygen atoms in total. The van der Waals surface area contributed by atoms with E-state index in [9.17, 15) is 9.59 Å². The van der Waals surface area contributed by atoms with Crippen LogP contribution in [0.1, 0.15) is 35.2 Å². The summed E-state index contributed by atoms with van der Waals surface area (Å²) in [5, 5.41) is 1.06. The number of para-hydroxylation sites is 2. The number of hydrogen-bond donors (Lipinski definition) is 1. The summed E-state index contributed by atoms with van der Waals surface area (Å²) in [5.41, 5.74) is 3.77. The Labute approximate surface area is 222 Å². The molecule has 0 radical (unpaired) electrons. The second-order valence-electron chi connectivity index (χ2n) is 10.2. The van der Waals surface area contributed by atoms with Crippen molar-refractivity contribution in [3.05, 3.63) is 95.2 Å². The number of aromatic nitrogens is 1. The summed E-state index contributed by atoms with van der Waals surface area (Å²) in [6, 6.07) is 23.9. The fourth-order valence-electron chi connectivity index (χ4n) is 6.15. The number of benzene rings is 3. The minimum Gasteiger partial charge on any atom is -0.497 e. The lowest BCUT2D eigenvalue weighted by Gasteiger charge is -2.51. The van der Waals surface area contributed by atoms with Gasteiger partial charge >= 0.3 is 0 Å². The molecular weight excluding hydrogens is 478 g/mol. The van der Waals surface area contributed by atoms with Gasteiger partial charge in [-0.05, 0) is 48.7 Å². The zero-order chi connectivity index (χ0) is 26.4. The van der Waals surface area contributed by atoms with Crippen molar-refractivity contribution in [2.24, 2.45) is 0 Å². The summed E-state index contributed by atoms with van der Waals surface area (Å²) in [5.74, 6) is 1.32. The second-order valence-corrected chi connectivity index (χ2v) is 10.2. The first-order valence-electron chi connectivity index (χ1n) is 12.9. The van der Waals surface area contributed by atoms with Crippen LogP contribution in [0.3, 0.4) is 0 Å². The smallest absolute Gasteiger partial charge is 0.254 e. The zero-order valence-corrected chi connectivity index (χ0v) is 21.9. The number of carbonyl (C=O) groups is 2. The molecule has 7 heteroatoms. The summed E-state index contributed by atoms with van der Waals surface area (Å²) in [6.45, 7) is 2.83. The number of piperazine rings is 1. The molecule has 0 bridgehead atoms. The predicted molar refractivity (Wildman–Crippen MR) is 145 cm³/mol. The predicted octanol–water partition coefficient (Wildman–Crippen LogP) is 4.46. The number of nitrogens with one attached hydrogen (secondary N) is 1. The van der Waals surface area contributed by atoms with E-state index in [0.29, 0.717) is 19.5 Å². The number of aromatic amines is 1. The number of amides is 2. The van der Waals surface area contributed by atoms with E-state index in [0.717, 1.165) is 44.8 Å². The van der Waals surface area contributed by atoms with Crippen molar-refractivity contribution in [2.45, 2.75) is 24.8 Å². The lowest BCUT2D eigenvalue weighted by molar-refractivity contribution is -0.166. The molecule has 2 aliphatic rings. The van der Waals surface area contributed by atoms with Crippen molar-refractivity contribution < 1.29 is 19.1 Å². The van der Waals surface area contributed by atoms with Gasteiger partial charge in [-0.3, -0.25) is 9.59 Å². The number of fused-ring (bicyclic) bond motifs is 5. The first kappa shape index (κ1) is 24.1. The number of carbonyl (C=O) groups excluding carboxylic acids is 2. The molecule has 6 rings (SSSR count). The SMILES string of the molecule is COc1ccc(CCN2CC(=O)N3CC(c4ccccc4OC)c4c([nH]c5ccccc45)[C@@]3(C)C2=O)cc1. The highest BCUT2D eigenvalue weighted by molar-refractivity contribution is 6.01. The van der Waals surface area contributed by atoms with Crippen molar-refractivity contribution >= 4 is 22.7 Å². The molecule has 3 heterocycles. The van der Waals surface area contributed by atoms with E-state index in [1.165, 1.54) is 0 Å². The molecule has 4 aromatic rings. The highest BCUT2D eigenvalue weighted by Crippen LogP contribution is 2.49. The van der Waals surface area contributed by atoms with Crippen LogP contribution < -0.4 is 9.47 Å². The van der Waals surface area contributed by atoms with E-state index in [-0.39, 0.29) is 24.3 Å². The Morgan fingerprint density at radius 2 is 1.68 bits per heavy atom. The van der Waals surface area contributed by atoms with Crippen LogP contribution in [-0.4, -0.2) is 60.5 Å². The van der Waals surface area contributed by atoms with Gasteiger partial charge in [-0.25, -0.2) is 0 Å². The molecule has 0 aliphatic carbocycles. The molecule has 1 N–H and O–H groups in total. The summed E-state index contributed by atoms with van der Waals surface area (Å²) >= 11 is 0. The maximum Gasteiger partial charge on any atom is 0.254 e. The molecule has 194 valence electrons. The van der Waals surface area contributed by atoms with Crippen LogP contribution in [0.25, 0.3) is 10.9 Å². The van der Waals surface area contributed by atoms with Crippen molar-refractivity contribution in [3.63, 3.8) is 0 Å². The van der Waals surface area contributed by atoms with Crippen LogP contribution in [0.5, 0.6) is 11.5 Å². The maximum absolute atomic E-state index is 14.2. The number of hydrogen-bond acceptors (Lipinski definition) is 4. The van der Waals surface area contributed by atoms with Crippen molar-refractivity contribution in [2.75, 3.05) is 33.9 Å². The Bertz CT molecular complexity index is 1530. The molecule has 38 heavy (non-hydrogen) atoms. The Morgan fingerprint density at radius 1 is 0.947 bits per heavy atom. The van der Waals surface area contributed by atoms with E-state index >= 15 is 0 Å². The van der Waals surface area contributed by atoms with Gasteiger partial charge < -0.3 is 24.3 Å². The number of rotatable bonds is 6. The van der Waals surface area contributed by atoms with E-state index in [1.807, 2.05) is 67.6 Å². The van der Waals surface area contributed by atoms with Gasteiger partial charge in [-0.1, -0.05) is 48.5 Å². The summed E-state index contributed by atoms with van der Waals surface area (Å²) in [7, 11) is 3.30. The lowest BCUT2D eigenvalue weighted by Crippen LogP contribution is -2.67. The third-order valence-corrected chi connectivity index (χ3v) is 8.16. The van der Waals surface area contributed by atoms with Crippen LogP contribution in [0.2, 0.25) is 0 Å². The molecule has 1 unspecified atom stereocenters. The Kier molecular flexibility index (Phi) is 5.86. The second kappa shape index (κ2) is 9.24. The van der Waals surface area contributed by atoms with Gasteiger partial charge in [-0.15, -0.1) is 0 Å². The fourth-order valence-corrected chi connectivity index (χ4v) is 6.15. The van der Waals surface area contributed by atoms with Crippen LogP contribution in [0.15, 0.2) is 72.8 Å². The fraction of sp³-hybridized carbons (Fsp3) is 0.290. The topological polar surface area (TPSA) is 74.9 Å². The first-order chi connectivity index (χ1) is 18.5. The largest absolute Gasteiger partial charge is 0.497 e. The molecule has 0 saturated carbocycles. The molecular formula is C31H31N3O4. The van der Waals surface area contributed by atoms with Gasteiger partial charge in [0.2, 0.25) is 5.91 Å². The Balaban J connectivity index is 1.42. The van der Waals surface area contributed by atoms with Crippen LogP contribution in [0, 0.1) is 0 Å². The quantitative estimate of drug-likeness (QED) is 0.417. The van der Waals surface area contributed by atoms with E-state index in [2.05, 4.69) is 17.1 Å². The average molecular weight is 510 g/mol. The molecule has 1 saturated heterocycles. The number of ether oxygens (including phenoxy) is 2. The lowest BCUT2D eigenvalue weighted by atomic mass is 9.76.